The molecule has 0 aliphatic carbocycles. The van der Waals surface area contributed by atoms with Gasteiger partial charge in [-0.1, -0.05) is 24.3 Å². The zero-order chi connectivity index (χ0) is 23.5. The van der Waals surface area contributed by atoms with Crippen LogP contribution in [0.2, 0.25) is 0 Å². The van der Waals surface area contributed by atoms with Gasteiger partial charge < -0.3 is 19.2 Å². The van der Waals surface area contributed by atoms with E-state index in [-0.39, 0.29) is 29.8 Å². The first-order valence-corrected chi connectivity index (χ1v) is 10.7. The Hall–Kier alpha value is -3.87. The van der Waals surface area contributed by atoms with Crippen molar-refractivity contribution in [2.75, 3.05) is 6.54 Å². The minimum Gasteiger partial charge on any atom is -0.503 e. The number of halogens is 1. The number of nitrogens with zero attached hydrogens (tertiary/aromatic N) is 1. The number of rotatable bonds is 8. The molecule has 0 fully saturated rings. The van der Waals surface area contributed by atoms with Crippen molar-refractivity contribution in [3.05, 3.63) is 101 Å². The number of carbonyl (C=O) groups excluding carboxylic acids is 2. The van der Waals surface area contributed by atoms with Crippen LogP contribution in [0.15, 0.2) is 82.7 Å². The molecule has 7 heteroatoms. The molecular weight excluding hydrogens is 425 g/mol. The maximum atomic E-state index is 13.3. The summed E-state index contributed by atoms with van der Waals surface area (Å²) in [7, 11) is 0. The first-order chi connectivity index (χ1) is 15.8. The molecule has 0 saturated heterocycles. The second kappa shape index (κ2) is 9.32. The third-order valence-electron chi connectivity index (χ3n) is 5.39. The monoisotopic (exact) mass is 449 g/mol. The van der Waals surface area contributed by atoms with Crippen LogP contribution in [0.1, 0.15) is 41.6 Å². The van der Waals surface area contributed by atoms with Crippen molar-refractivity contribution in [2.45, 2.75) is 32.4 Å². The molecule has 1 aromatic heterocycles. The quantitative estimate of drug-likeness (QED) is 0.488. The summed E-state index contributed by atoms with van der Waals surface area (Å²) >= 11 is 0. The Morgan fingerprint density at radius 2 is 1.91 bits per heavy atom. The summed E-state index contributed by atoms with van der Waals surface area (Å²) in [6.45, 7) is 4.01. The Labute approximate surface area is 190 Å². The van der Waals surface area contributed by atoms with Gasteiger partial charge in [-0.2, -0.15) is 0 Å². The van der Waals surface area contributed by atoms with Gasteiger partial charge in [0.05, 0.1) is 24.0 Å². The largest absolute Gasteiger partial charge is 0.503 e. The average Bonchev–Trinajstić information content (AvgIpc) is 3.41. The number of aliphatic hydroxyl groups is 1. The molecule has 170 valence electrons. The number of aliphatic hydroxyl groups excluding tert-OH is 1. The summed E-state index contributed by atoms with van der Waals surface area (Å²) in [6.07, 6.45) is 1.72. The number of carbonyl (C=O) groups is 2. The van der Waals surface area contributed by atoms with Crippen LogP contribution in [-0.2, 0) is 11.2 Å². The van der Waals surface area contributed by atoms with E-state index in [9.17, 15) is 19.1 Å². The van der Waals surface area contributed by atoms with Crippen molar-refractivity contribution >= 4 is 11.7 Å². The minimum absolute atomic E-state index is 0.0318. The normalized spacial score (nSPS) is 16.1. The molecule has 1 N–H and O–H groups in total. The van der Waals surface area contributed by atoms with E-state index in [0.717, 1.165) is 5.56 Å². The maximum Gasteiger partial charge on any atom is 0.290 e. The Morgan fingerprint density at radius 3 is 2.58 bits per heavy atom. The Balaban J connectivity index is 1.71. The lowest BCUT2D eigenvalue weighted by molar-refractivity contribution is -0.129. The highest BCUT2D eigenvalue weighted by atomic mass is 19.1. The molecule has 0 bridgehead atoms. The first-order valence-electron chi connectivity index (χ1n) is 10.7. The zero-order valence-corrected chi connectivity index (χ0v) is 18.3. The Morgan fingerprint density at radius 1 is 1.15 bits per heavy atom. The summed E-state index contributed by atoms with van der Waals surface area (Å²) in [6, 6.07) is 15.3. The summed E-state index contributed by atoms with van der Waals surface area (Å²) in [5, 5.41) is 10.7. The molecule has 33 heavy (non-hydrogen) atoms. The molecule has 3 aromatic rings. The van der Waals surface area contributed by atoms with Crippen LogP contribution in [0.3, 0.4) is 0 Å². The van der Waals surface area contributed by atoms with Crippen molar-refractivity contribution in [2.24, 2.45) is 0 Å². The third kappa shape index (κ3) is 4.67. The molecule has 1 aliphatic rings. The molecule has 1 unspecified atom stereocenters. The highest BCUT2D eigenvalue weighted by Crippen LogP contribution is 2.40. The number of ketones is 1. The van der Waals surface area contributed by atoms with Gasteiger partial charge in [-0.15, -0.1) is 0 Å². The fraction of sp³-hybridized carbons (Fsp3) is 0.231. The second-order valence-electron chi connectivity index (χ2n) is 8.09. The molecular formula is C26H24FNO5. The van der Waals surface area contributed by atoms with Gasteiger partial charge in [-0.25, -0.2) is 4.39 Å². The molecule has 1 amide bonds. The highest BCUT2D eigenvalue weighted by molar-refractivity contribution is 6.15. The molecule has 6 nitrogen and oxygen atoms in total. The highest BCUT2D eigenvalue weighted by Gasteiger charge is 2.44. The molecule has 1 aliphatic heterocycles. The van der Waals surface area contributed by atoms with Gasteiger partial charge in [0, 0.05) is 6.54 Å². The van der Waals surface area contributed by atoms with Crippen LogP contribution in [-0.4, -0.2) is 34.3 Å². The van der Waals surface area contributed by atoms with Gasteiger partial charge in [0.15, 0.2) is 11.5 Å². The van der Waals surface area contributed by atoms with E-state index in [0.29, 0.717) is 17.7 Å². The molecule has 2 aromatic carbocycles. The SMILES string of the molecule is CC(C)Oc1cccc(C2C(C(=O)c3ccco3)=C(O)C(=O)N2CCc2ccc(F)cc2)c1. The first kappa shape index (κ1) is 22.3. The third-order valence-corrected chi connectivity index (χ3v) is 5.39. The van der Waals surface area contributed by atoms with Gasteiger partial charge >= 0.3 is 0 Å². The second-order valence-corrected chi connectivity index (χ2v) is 8.09. The van der Waals surface area contributed by atoms with Crippen molar-refractivity contribution in [1.82, 2.24) is 4.90 Å². The standard InChI is InChI=1S/C26H24FNO5/c1-16(2)33-20-6-3-5-18(15-20)23-22(24(29)21-7-4-14-32-21)25(30)26(31)28(23)13-12-17-8-10-19(27)11-9-17/h3-11,14-16,23,30H,12-13H2,1-2H3. The van der Waals surface area contributed by atoms with Gasteiger partial charge in [0.2, 0.25) is 5.78 Å². The lowest BCUT2D eigenvalue weighted by Gasteiger charge is -2.27. The number of ether oxygens (including phenoxy) is 1. The van der Waals surface area contributed by atoms with Crippen molar-refractivity contribution in [1.29, 1.82) is 0 Å². The minimum atomic E-state index is -0.828. The number of benzene rings is 2. The van der Waals surface area contributed by atoms with Gasteiger partial charge in [0.1, 0.15) is 11.6 Å². The van der Waals surface area contributed by atoms with Crippen molar-refractivity contribution < 1.29 is 28.2 Å². The molecule has 1 atom stereocenters. The molecule has 4 rings (SSSR count). The van der Waals surface area contributed by atoms with Crippen LogP contribution >= 0.6 is 0 Å². The Kier molecular flexibility index (Phi) is 6.31. The predicted octanol–water partition coefficient (Wildman–Crippen LogP) is 5.03. The molecule has 2 heterocycles. The summed E-state index contributed by atoms with van der Waals surface area (Å²) in [5.41, 5.74) is 1.40. The number of amides is 1. The van der Waals surface area contributed by atoms with E-state index in [4.69, 9.17) is 9.15 Å². The van der Waals surface area contributed by atoms with Crippen molar-refractivity contribution in [3.8, 4) is 5.75 Å². The fourth-order valence-electron chi connectivity index (χ4n) is 3.93. The lowest BCUT2D eigenvalue weighted by Crippen LogP contribution is -2.33. The van der Waals surface area contributed by atoms with Gasteiger partial charge in [-0.05, 0) is 67.8 Å². The van der Waals surface area contributed by atoms with Crippen LogP contribution < -0.4 is 4.74 Å². The number of furan rings is 1. The molecule has 0 radical (unpaired) electrons. The number of hydrogen-bond acceptors (Lipinski definition) is 5. The zero-order valence-electron chi connectivity index (χ0n) is 18.3. The van der Waals surface area contributed by atoms with Crippen LogP contribution in [0.25, 0.3) is 0 Å². The lowest BCUT2D eigenvalue weighted by atomic mass is 9.94. The summed E-state index contributed by atoms with van der Waals surface area (Å²) in [4.78, 5) is 27.7. The number of hydrogen-bond donors (Lipinski definition) is 1. The van der Waals surface area contributed by atoms with Crippen molar-refractivity contribution in [3.63, 3.8) is 0 Å². The smallest absolute Gasteiger partial charge is 0.290 e. The van der Waals surface area contributed by atoms with Crippen LogP contribution in [0.4, 0.5) is 4.39 Å². The molecule has 0 saturated carbocycles. The van der Waals surface area contributed by atoms with E-state index >= 15 is 0 Å². The van der Waals surface area contributed by atoms with Gasteiger partial charge in [-0.3, -0.25) is 9.59 Å². The van der Waals surface area contributed by atoms with E-state index in [1.807, 2.05) is 13.8 Å². The summed E-state index contributed by atoms with van der Waals surface area (Å²) < 4.78 is 24.3. The van der Waals surface area contributed by atoms with E-state index in [2.05, 4.69) is 0 Å². The van der Waals surface area contributed by atoms with Gasteiger partial charge in [0.25, 0.3) is 5.91 Å². The van der Waals surface area contributed by atoms with E-state index in [1.165, 1.54) is 29.4 Å². The Bertz CT molecular complexity index is 1180. The van der Waals surface area contributed by atoms with E-state index < -0.39 is 23.5 Å². The van der Waals surface area contributed by atoms with Crippen LogP contribution in [0, 0.1) is 5.82 Å². The maximum absolute atomic E-state index is 13.3. The topological polar surface area (TPSA) is 80.0 Å². The number of Topliss-reactive ketones (excluding diaryl/α,β-unsaturated/α-hetero) is 1. The predicted molar refractivity (Wildman–Crippen MR) is 119 cm³/mol. The van der Waals surface area contributed by atoms with E-state index in [1.54, 1.807) is 42.5 Å². The average molecular weight is 449 g/mol. The fourth-order valence-corrected chi connectivity index (χ4v) is 3.93. The summed E-state index contributed by atoms with van der Waals surface area (Å²) in [5.74, 6) is -1.53. The van der Waals surface area contributed by atoms with Crippen LogP contribution in [0.5, 0.6) is 5.75 Å². The molecule has 0 spiro atoms.